The fraction of sp³-hybridized carbons (Fsp3) is 0.588. The Labute approximate surface area is 240 Å². The van der Waals surface area contributed by atoms with E-state index in [1.54, 1.807) is 0 Å². The lowest BCUT2D eigenvalue weighted by Crippen LogP contribution is -2.30. The maximum Gasteiger partial charge on any atom is 0.257 e. The zero-order valence-electron chi connectivity index (χ0n) is 24.1. The van der Waals surface area contributed by atoms with Crippen molar-refractivity contribution in [3.63, 3.8) is 0 Å². The molecule has 0 saturated heterocycles. The first-order valence-electron chi connectivity index (χ1n) is 15.7. The predicted molar refractivity (Wildman–Crippen MR) is 160 cm³/mol. The van der Waals surface area contributed by atoms with Crippen molar-refractivity contribution in [3.05, 3.63) is 59.7 Å². The van der Waals surface area contributed by atoms with Crippen molar-refractivity contribution in [2.75, 3.05) is 26.3 Å². The fourth-order valence-electron chi connectivity index (χ4n) is 6.00. The summed E-state index contributed by atoms with van der Waals surface area (Å²) in [6.07, 6.45) is 17.0. The number of benzene rings is 2. The first-order chi connectivity index (χ1) is 19.7. The van der Waals surface area contributed by atoms with Crippen molar-refractivity contribution in [1.82, 2.24) is 10.6 Å². The second-order valence-electron chi connectivity index (χ2n) is 11.5. The van der Waals surface area contributed by atoms with Gasteiger partial charge in [-0.05, 0) is 85.8 Å². The summed E-state index contributed by atoms with van der Waals surface area (Å²) in [5.41, 5.74) is 2.78. The minimum Gasteiger partial charge on any atom is -0.484 e. The number of carbonyl (C=O) groups excluding carboxylic acids is 2. The molecule has 2 aliphatic carbocycles. The van der Waals surface area contributed by atoms with Crippen LogP contribution in [0.4, 0.5) is 0 Å². The van der Waals surface area contributed by atoms with Gasteiger partial charge >= 0.3 is 0 Å². The van der Waals surface area contributed by atoms with Gasteiger partial charge in [-0.25, -0.2) is 0 Å². The molecule has 0 aliphatic heterocycles. The second kappa shape index (κ2) is 16.9. The molecule has 0 bridgehead atoms. The van der Waals surface area contributed by atoms with Crippen LogP contribution < -0.4 is 20.1 Å². The van der Waals surface area contributed by atoms with Crippen LogP contribution >= 0.6 is 0 Å². The van der Waals surface area contributed by atoms with Gasteiger partial charge in [0.15, 0.2) is 13.2 Å². The van der Waals surface area contributed by atoms with Gasteiger partial charge in [0, 0.05) is 13.1 Å². The molecule has 2 fully saturated rings. The normalized spacial score (nSPS) is 16.3. The fourth-order valence-corrected chi connectivity index (χ4v) is 6.00. The highest BCUT2D eigenvalue weighted by Crippen LogP contribution is 2.34. The Balaban J connectivity index is 0.967. The Morgan fingerprint density at radius 2 is 0.925 bits per heavy atom. The third kappa shape index (κ3) is 10.5. The van der Waals surface area contributed by atoms with Crippen LogP contribution in [0.25, 0.3) is 0 Å². The van der Waals surface area contributed by atoms with Crippen molar-refractivity contribution in [3.8, 4) is 11.5 Å². The van der Waals surface area contributed by atoms with Crippen molar-refractivity contribution >= 4 is 11.8 Å². The van der Waals surface area contributed by atoms with Crippen LogP contribution in [0.2, 0.25) is 0 Å². The summed E-state index contributed by atoms with van der Waals surface area (Å²) in [4.78, 5) is 24.2. The standard InChI is InChI=1S/C34H48N2O4/c37-33(25-39-31-19-15-29(16-20-31)27-11-5-3-6-12-27)35-23-9-1-2-10-24-36-34(38)26-40-32-21-17-30(18-22-32)28-13-7-4-8-14-28/h15-22,27-28H,1-14,23-26H2,(H,35,37)(H,36,38). The molecule has 0 radical (unpaired) electrons. The summed E-state index contributed by atoms with van der Waals surface area (Å²) in [6, 6.07) is 16.5. The highest BCUT2D eigenvalue weighted by atomic mass is 16.5. The number of carbonyl (C=O) groups is 2. The summed E-state index contributed by atoms with van der Waals surface area (Å²) in [7, 11) is 0. The molecule has 6 heteroatoms. The monoisotopic (exact) mass is 548 g/mol. The summed E-state index contributed by atoms with van der Waals surface area (Å²) < 4.78 is 11.3. The van der Waals surface area contributed by atoms with Crippen LogP contribution in [-0.4, -0.2) is 38.1 Å². The van der Waals surface area contributed by atoms with E-state index in [1.807, 2.05) is 24.3 Å². The van der Waals surface area contributed by atoms with Crippen LogP contribution in [0, 0.1) is 0 Å². The molecule has 4 rings (SSSR count). The third-order valence-electron chi connectivity index (χ3n) is 8.40. The number of hydrogen-bond acceptors (Lipinski definition) is 4. The van der Waals surface area contributed by atoms with E-state index >= 15 is 0 Å². The summed E-state index contributed by atoms with van der Waals surface area (Å²) in [5, 5.41) is 5.86. The molecule has 2 saturated carbocycles. The van der Waals surface area contributed by atoms with Gasteiger partial charge in [0.25, 0.3) is 11.8 Å². The van der Waals surface area contributed by atoms with Crippen LogP contribution in [0.1, 0.15) is 113 Å². The number of unbranched alkanes of at least 4 members (excludes halogenated alkanes) is 3. The van der Waals surface area contributed by atoms with Crippen molar-refractivity contribution in [1.29, 1.82) is 0 Å². The highest BCUT2D eigenvalue weighted by molar-refractivity contribution is 5.77. The number of nitrogens with one attached hydrogen (secondary N) is 2. The van der Waals surface area contributed by atoms with E-state index in [1.165, 1.54) is 75.3 Å². The molecule has 0 heterocycles. The average Bonchev–Trinajstić information content (AvgIpc) is 3.01. The first kappa shape index (κ1) is 30.0. The molecule has 0 aromatic heterocycles. The number of rotatable bonds is 15. The molecule has 2 amide bonds. The van der Waals surface area contributed by atoms with Crippen LogP contribution in [0.3, 0.4) is 0 Å². The SMILES string of the molecule is O=C(COc1ccc(C2CCCCC2)cc1)NCCCCCCNC(=O)COc1ccc(C2CCCCC2)cc1. The Morgan fingerprint density at radius 3 is 1.30 bits per heavy atom. The van der Waals surface area contributed by atoms with Crippen LogP contribution in [-0.2, 0) is 9.59 Å². The molecule has 6 nitrogen and oxygen atoms in total. The molecule has 40 heavy (non-hydrogen) atoms. The minimum absolute atomic E-state index is 0.0432. The van der Waals surface area contributed by atoms with Gasteiger partial charge in [-0.3, -0.25) is 9.59 Å². The Hall–Kier alpha value is -3.02. The van der Waals surface area contributed by atoms with Gasteiger partial charge in [-0.2, -0.15) is 0 Å². The highest BCUT2D eigenvalue weighted by Gasteiger charge is 2.16. The van der Waals surface area contributed by atoms with Gasteiger partial charge in [0.2, 0.25) is 0 Å². The quantitative estimate of drug-likeness (QED) is 0.234. The van der Waals surface area contributed by atoms with E-state index in [4.69, 9.17) is 9.47 Å². The number of amides is 2. The minimum atomic E-state index is -0.0905. The van der Waals surface area contributed by atoms with Crippen LogP contribution in [0.15, 0.2) is 48.5 Å². The Bertz CT molecular complexity index is 926. The van der Waals surface area contributed by atoms with Crippen molar-refractivity contribution in [2.45, 2.75) is 102 Å². The average molecular weight is 549 g/mol. The molecule has 2 aromatic rings. The largest absolute Gasteiger partial charge is 0.484 e. The smallest absolute Gasteiger partial charge is 0.257 e. The second-order valence-corrected chi connectivity index (χ2v) is 11.5. The topological polar surface area (TPSA) is 76.7 Å². The lowest BCUT2D eigenvalue weighted by molar-refractivity contribution is -0.123. The van der Waals surface area contributed by atoms with Gasteiger partial charge < -0.3 is 20.1 Å². The van der Waals surface area contributed by atoms with E-state index in [0.29, 0.717) is 24.9 Å². The van der Waals surface area contributed by atoms with Crippen molar-refractivity contribution in [2.24, 2.45) is 0 Å². The molecule has 218 valence electrons. The maximum atomic E-state index is 12.1. The van der Waals surface area contributed by atoms with Gasteiger partial charge in [-0.1, -0.05) is 75.6 Å². The molecule has 2 aromatic carbocycles. The molecule has 0 atom stereocenters. The van der Waals surface area contributed by atoms with E-state index in [0.717, 1.165) is 37.2 Å². The zero-order valence-corrected chi connectivity index (χ0v) is 24.1. The molecular weight excluding hydrogens is 500 g/mol. The van der Waals surface area contributed by atoms with Gasteiger partial charge in [0.05, 0.1) is 0 Å². The lowest BCUT2D eigenvalue weighted by atomic mass is 9.84. The molecule has 0 spiro atoms. The van der Waals surface area contributed by atoms with E-state index in [9.17, 15) is 9.59 Å². The number of ether oxygens (including phenoxy) is 2. The zero-order chi connectivity index (χ0) is 27.8. The van der Waals surface area contributed by atoms with Crippen LogP contribution in [0.5, 0.6) is 11.5 Å². The van der Waals surface area contributed by atoms with E-state index < -0.39 is 0 Å². The molecule has 2 N–H and O–H groups in total. The predicted octanol–water partition coefficient (Wildman–Crippen LogP) is 7.03. The Kier molecular flexibility index (Phi) is 12.7. The lowest BCUT2D eigenvalue weighted by Gasteiger charge is -2.22. The first-order valence-corrected chi connectivity index (χ1v) is 15.7. The maximum absolute atomic E-state index is 12.1. The number of hydrogen-bond donors (Lipinski definition) is 2. The van der Waals surface area contributed by atoms with Gasteiger partial charge in [0.1, 0.15) is 11.5 Å². The Morgan fingerprint density at radius 1 is 0.550 bits per heavy atom. The van der Waals surface area contributed by atoms with Gasteiger partial charge in [-0.15, -0.1) is 0 Å². The molecule has 0 unspecified atom stereocenters. The van der Waals surface area contributed by atoms with Crippen molar-refractivity contribution < 1.29 is 19.1 Å². The summed E-state index contributed by atoms with van der Waals surface area (Å²) in [6.45, 7) is 1.37. The van der Waals surface area contributed by atoms with E-state index in [2.05, 4.69) is 34.9 Å². The third-order valence-corrected chi connectivity index (χ3v) is 8.40. The molecule has 2 aliphatic rings. The summed E-state index contributed by atoms with van der Waals surface area (Å²) >= 11 is 0. The summed E-state index contributed by atoms with van der Waals surface area (Å²) in [5.74, 6) is 2.66. The molecular formula is C34H48N2O4. The van der Waals surface area contributed by atoms with E-state index in [-0.39, 0.29) is 25.0 Å².